The van der Waals surface area contributed by atoms with Crippen LogP contribution in [0.1, 0.15) is 36.2 Å². The summed E-state index contributed by atoms with van der Waals surface area (Å²) >= 11 is 0. The fraction of sp³-hybridized carbons (Fsp3) is 0.350. The molecule has 2 aromatic carbocycles. The molecule has 6 heteroatoms. The van der Waals surface area contributed by atoms with Gasteiger partial charge in [-0.15, -0.1) is 0 Å². The maximum atomic E-state index is 12.3. The Morgan fingerprint density at radius 3 is 2.23 bits per heavy atom. The second kappa shape index (κ2) is 9.50. The zero-order chi connectivity index (χ0) is 19.0. The van der Waals surface area contributed by atoms with Gasteiger partial charge in [0.1, 0.15) is 0 Å². The highest BCUT2D eigenvalue weighted by atomic mass is 32.2. The van der Waals surface area contributed by atoms with Crippen LogP contribution in [0, 0.1) is 5.92 Å². The second-order valence-electron chi connectivity index (χ2n) is 6.60. The summed E-state index contributed by atoms with van der Waals surface area (Å²) in [5.41, 5.74) is 1.53. The third-order valence-corrected chi connectivity index (χ3v) is 5.46. The number of carbonyl (C=O) groups excluding carboxylic acids is 1. The average molecular weight is 375 g/mol. The first-order valence-electron chi connectivity index (χ1n) is 8.80. The Hall–Kier alpha value is -2.18. The molecule has 0 heterocycles. The van der Waals surface area contributed by atoms with Crippen LogP contribution in [-0.4, -0.2) is 27.4 Å². The lowest BCUT2D eigenvalue weighted by molar-refractivity contribution is 0.0952. The normalized spacial score (nSPS) is 11.5. The lowest BCUT2D eigenvalue weighted by atomic mass is 10.1. The van der Waals surface area contributed by atoms with Crippen molar-refractivity contribution in [3.63, 3.8) is 0 Å². The summed E-state index contributed by atoms with van der Waals surface area (Å²) in [4.78, 5) is 12.2. The fourth-order valence-electron chi connectivity index (χ4n) is 2.42. The molecule has 0 aliphatic rings. The van der Waals surface area contributed by atoms with Crippen molar-refractivity contribution in [3.05, 3.63) is 65.7 Å². The predicted molar refractivity (Wildman–Crippen MR) is 104 cm³/mol. The minimum atomic E-state index is -3.58. The van der Waals surface area contributed by atoms with E-state index >= 15 is 0 Å². The van der Waals surface area contributed by atoms with E-state index in [2.05, 4.69) is 23.9 Å². The van der Waals surface area contributed by atoms with E-state index in [-0.39, 0.29) is 10.8 Å². The van der Waals surface area contributed by atoms with Gasteiger partial charge in [0.2, 0.25) is 10.0 Å². The van der Waals surface area contributed by atoms with Crippen molar-refractivity contribution in [2.45, 2.75) is 31.6 Å². The number of sulfonamides is 1. The summed E-state index contributed by atoms with van der Waals surface area (Å²) in [5.74, 6) is 0.330. The molecule has 0 fully saturated rings. The third kappa shape index (κ3) is 6.28. The smallest absolute Gasteiger partial charge is 0.251 e. The minimum Gasteiger partial charge on any atom is -0.352 e. The Kier molecular flexibility index (Phi) is 7.36. The van der Waals surface area contributed by atoms with Crippen molar-refractivity contribution in [3.8, 4) is 0 Å². The van der Waals surface area contributed by atoms with Gasteiger partial charge in [0.05, 0.1) is 4.90 Å². The molecule has 2 aromatic rings. The molecule has 1 amide bonds. The molecule has 0 unspecified atom stereocenters. The summed E-state index contributed by atoms with van der Waals surface area (Å²) in [6.07, 6.45) is 1.53. The topological polar surface area (TPSA) is 75.3 Å². The summed E-state index contributed by atoms with van der Waals surface area (Å²) in [5, 5.41) is 2.84. The zero-order valence-electron chi connectivity index (χ0n) is 15.2. The van der Waals surface area contributed by atoms with E-state index in [9.17, 15) is 13.2 Å². The molecule has 0 bridgehead atoms. The van der Waals surface area contributed by atoms with Crippen molar-refractivity contribution >= 4 is 15.9 Å². The second-order valence-corrected chi connectivity index (χ2v) is 8.36. The average Bonchev–Trinajstić information content (AvgIpc) is 2.62. The molecule has 0 saturated heterocycles. The van der Waals surface area contributed by atoms with Crippen LogP contribution >= 0.6 is 0 Å². The van der Waals surface area contributed by atoms with Crippen LogP contribution in [0.25, 0.3) is 0 Å². The third-order valence-electron chi connectivity index (χ3n) is 3.98. The van der Waals surface area contributed by atoms with Gasteiger partial charge in [-0.3, -0.25) is 4.79 Å². The molecule has 2 rings (SSSR count). The van der Waals surface area contributed by atoms with E-state index in [4.69, 9.17) is 0 Å². The van der Waals surface area contributed by atoms with Gasteiger partial charge in [-0.2, -0.15) is 0 Å². The summed E-state index contributed by atoms with van der Waals surface area (Å²) in [7, 11) is -3.58. The summed E-state index contributed by atoms with van der Waals surface area (Å²) < 4.78 is 27.3. The molecule has 0 spiro atoms. The Morgan fingerprint density at radius 1 is 0.962 bits per heavy atom. The number of hydrogen-bond donors (Lipinski definition) is 2. The van der Waals surface area contributed by atoms with Gasteiger partial charge in [-0.05, 0) is 48.6 Å². The van der Waals surface area contributed by atoms with E-state index in [1.54, 1.807) is 0 Å². The van der Waals surface area contributed by atoms with Crippen LogP contribution in [0.4, 0.5) is 0 Å². The number of nitrogens with one attached hydrogen (secondary N) is 2. The molecule has 2 N–H and O–H groups in total. The highest BCUT2D eigenvalue weighted by Crippen LogP contribution is 2.11. The monoisotopic (exact) mass is 374 g/mol. The van der Waals surface area contributed by atoms with Gasteiger partial charge >= 0.3 is 0 Å². The van der Waals surface area contributed by atoms with Crippen LogP contribution in [0.15, 0.2) is 59.5 Å². The van der Waals surface area contributed by atoms with Crippen LogP contribution in [0.2, 0.25) is 0 Å². The number of carbonyl (C=O) groups is 1. The molecule has 26 heavy (non-hydrogen) atoms. The highest BCUT2D eigenvalue weighted by molar-refractivity contribution is 7.89. The van der Waals surface area contributed by atoms with Gasteiger partial charge in [0, 0.05) is 18.7 Å². The highest BCUT2D eigenvalue weighted by Gasteiger charge is 2.14. The number of hydrogen-bond acceptors (Lipinski definition) is 3. The predicted octanol–water partition coefficient (Wildman–Crippen LogP) is 2.98. The molecule has 5 nitrogen and oxygen atoms in total. The lowest BCUT2D eigenvalue weighted by Gasteiger charge is -2.09. The van der Waals surface area contributed by atoms with E-state index in [0.717, 1.165) is 12.0 Å². The van der Waals surface area contributed by atoms with Gasteiger partial charge in [-0.25, -0.2) is 13.1 Å². The largest absolute Gasteiger partial charge is 0.352 e. The fourth-order valence-corrected chi connectivity index (χ4v) is 3.45. The number of benzene rings is 2. The SMILES string of the molecule is CC(C)CCNC(=O)c1ccc(S(=O)(=O)NCCc2ccccc2)cc1. The Bertz CT molecular complexity index is 801. The first kappa shape index (κ1) is 20.1. The van der Waals surface area contributed by atoms with Crippen LogP contribution in [0.3, 0.4) is 0 Å². The van der Waals surface area contributed by atoms with Crippen LogP contribution < -0.4 is 10.0 Å². The van der Waals surface area contributed by atoms with Crippen molar-refractivity contribution in [2.75, 3.05) is 13.1 Å². The zero-order valence-corrected chi connectivity index (χ0v) is 16.1. The van der Waals surface area contributed by atoms with E-state index < -0.39 is 10.0 Å². The van der Waals surface area contributed by atoms with Gasteiger partial charge in [0.25, 0.3) is 5.91 Å². The number of amides is 1. The van der Waals surface area contributed by atoms with E-state index in [1.165, 1.54) is 24.3 Å². The van der Waals surface area contributed by atoms with E-state index in [1.807, 2.05) is 30.3 Å². The summed E-state index contributed by atoms with van der Waals surface area (Å²) in [6.45, 7) is 5.12. The Labute approximate surface area is 155 Å². The molecule has 0 saturated carbocycles. The molecule has 0 atom stereocenters. The van der Waals surface area contributed by atoms with Crippen LogP contribution in [-0.2, 0) is 16.4 Å². The summed E-state index contributed by atoms with van der Waals surface area (Å²) in [6, 6.07) is 15.7. The molecule has 0 aliphatic carbocycles. The van der Waals surface area contributed by atoms with Crippen molar-refractivity contribution in [1.82, 2.24) is 10.0 Å². The maximum Gasteiger partial charge on any atom is 0.251 e. The number of rotatable bonds is 9. The maximum absolute atomic E-state index is 12.3. The van der Waals surface area contributed by atoms with Crippen molar-refractivity contribution in [2.24, 2.45) is 5.92 Å². The van der Waals surface area contributed by atoms with Crippen LogP contribution in [0.5, 0.6) is 0 Å². The first-order valence-corrected chi connectivity index (χ1v) is 10.3. The molecular formula is C20H26N2O3S. The molecule has 140 valence electrons. The minimum absolute atomic E-state index is 0.157. The van der Waals surface area contributed by atoms with Crippen molar-refractivity contribution < 1.29 is 13.2 Å². The molecule has 0 radical (unpaired) electrons. The molecule has 0 aliphatic heterocycles. The first-order chi connectivity index (χ1) is 12.4. The van der Waals surface area contributed by atoms with Gasteiger partial charge in [-0.1, -0.05) is 44.2 Å². The molecule has 0 aromatic heterocycles. The van der Waals surface area contributed by atoms with Gasteiger partial charge in [0.15, 0.2) is 0 Å². The molecular weight excluding hydrogens is 348 g/mol. The Morgan fingerprint density at radius 2 is 1.62 bits per heavy atom. The Balaban J connectivity index is 1.90. The standard InChI is InChI=1S/C20H26N2O3S/c1-16(2)12-14-21-20(23)18-8-10-19(11-9-18)26(24,25)22-15-13-17-6-4-3-5-7-17/h3-11,16,22H,12-15H2,1-2H3,(H,21,23). The van der Waals surface area contributed by atoms with E-state index in [0.29, 0.717) is 31.0 Å². The van der Waals surface area contributed by atoms with Gasteiger partial charge < -0.3 is 5.32 Å². The quantitative estimate of drug-likeness (QED) is 0.708. The lowest BCUT2D eigenvalue weighted by Crippen LogP contribution is -2.27. The van der Waals surface area contributed by atoms with Crippen molar-refractivity contribution in [1.29, 1.82) is 0 Å².